The molecule has 0 saturated carbocycles. The molecule has 0 amide bonds. The van der Waals surface area contributed by atoms with Gasteiger partial charge in [-0.05, 0) is 32.9 Å². The molecular formula is C13H20N2O. The van der Waals surface area contributed by atoms with Gasteiger partial charge in [-0.2, -0.15) is 0 Å². The Hall–Kier alpha value is -0.930. The molecule has 3 heteroatoms. The molecule has 0 aliphatic carbocycles. The summed E-state index contributed by atoms with van der Waals surface area (Å²) in [6.45, 7) is 9.26. The number of hydrogen-bond acceptors (Lipinski definition) is 3. The summed E-state index contributed by atoms with van der Waals surface area (Å²) in [4.78, 5) is 6.86. The number of hydrogen-bond donors (Lipinski definition) is 0. The molecule has 2 heterocycles. The fraction of sp³-hybridized carbons (Fsp3) is 0.615. The molecule has 16 heavy (non-hydrogen) atoms. The average molecular weight is 220 g/mol. The third kappa shape index (κ3) is 2.60. The van der Waals surface area contributed by atoms with Crippen LogP contribution in [0.2, 0.25) is 0 Å². The van der Waals surface area contributed by atoms with Crippen LogP contribution in [0.1, 0.15) is 32.5 Å². The molecule has 1 saturated heterocycles. The Bertz CT molecular complexity index is 337. The van der Waals surface area contributed by atoms with Crippen molar-refractivity contribution in [2.75, 3.05) is 19.7 Å². The van der Waals surface area contributed by atoms with Crippen LogP contribution >= 0.6 is 0 Å². The topological polar surface area (TPSA) is 25.4 Å². The molecule has 1 aromatic rings. The number of aromatic nitrogens is 1. The molecule has 3 nitrogen and oxygen atoms in total. The van der Waals surface area contributed by atoms with E-state index in [0.29, 0.717) is 6.04 Å². The van der Waals surface area contributed by atoms with E-state index < -0.39 is 0 Å². The highest BCUT2D eigenvalue weighted by atomic mass is 16.5. The second-order valence-electron chi connectivity index (χ2n) is 5.01. The zero-order valence-corrected chi connectivity index (χ0v) is 10.3. The van der Waals surface area contributed by atoms with Gasteiger partial charge in [0, 0.05) is 25.3 Å². The summed E-state index contributed by atoms with van der Waals surface area (Å²) in [5, 5.41) is 0. The van der Waals surface area contributed by atoms with Crippen molar-refractivity contribution in [3.63, 3.8) is 0 Å². The second-order valence-corrected chi connectivity index (χ2v) is 5.01. The van der Waals surface area contributed by atoms with Crippen LogP contribution in [0.5, 0.6) is 0 Å². The summed E-state index contributed by atoms with van der Waals surface area (Å²) in [7, 11) is 0. The lowest BCUT2D eigenvalue weighted by Crippen LogP contribution is -2.49. The highest BCUT2D eigenvalue weighted by Gasteiger charge is 2.30. The van der Waals surface area contributed by atoms with Crippen molar-refractivity contribution in [3.05, 3.63) is 30.1 Å². The van der Waals surface area contributed by atoms with Crippen LogP contribution in [0.25, 0.3) is 0 Å². The Morgan fingerprint density at radius 3 is 2.88 bits per heavy atom. The number of pyridine rings is 1. The molecular weight excluding hydrogens is 200 g/mol. The molecule has 1 aromatic heterocycles. The number of rotatable bonds is 2. The predicted octanol–water partition coefficient (Wildman–Crippen LogP) is 2.25. The van der Waals surface area contributed by atoms with Crippen molar-refractivity contribution in [2.24, 2.45) is 0 Å². The first kappa shape index (κ1) is 11.6. The standard InChI is InChI=1S/C13H20N2O/c1-11(12-6-4-5-7-14-12)15-8-9-16-13(2,3)10-15/h4-7,11H,8-10H2,1-3H3. The minimum Gasteiger partial charge on any atom is -0.373 e. The summed E-state index contributed by atoms with van der Waals surface area (Å²) >= 11 is 0. The third-order valence-corrected chi connectivity index (χ3v) is 3.12. The zero-order valence-electron chi connectivity index (χ0n) is 10.3. The van der Waals surface area contributed by atoms with Gasteiger partial charge in [0.25, 0.3) is 0 Å². The van der Waals surface area contributed by atoms with Gasteiger partial charge in [-0.3, -0.25) is 9.88 Å². The van der Waals surface area contributed by atoms with Crippen molar-refractivity contribution in [1.82, 2.24) is 9.88 Å². The number of nitrogens with zero attached hydrogens (tertiary/aromatic N) is 2. The highest BCUT2D eigenvalue weighted by Crippen LogP contribution is 2.24. The fourth-order valence-corrected chi connectivity index (χ4v) is 2.19. The van der Waals surface area contributed by atoms with E-state index in [1.165, 1.54) is 0 Å². The molecule has 1 aliphatic heterocycles. The monoisotopic (exact) mass is 220 g/mol. The molecule has 1 unspecified atom stereocenters. The van der Waals surface area contributed by atoms with E-state index in [-0.39, 0.29) is 5.60 Å². The summed E-state index contributed by atoms with van der Waals surface area (Å²) in [6, 6.07) is 6.46. The van der Waals surface area contributed by atoms with E-state index in [9.17, 15) is 0 Å². The second kappa shape index (κ2) is 4.52. The van der Waals surface area contributed by atoms with Gasteiger partial charge in [-0.25, -0.2) is 0 Å². The summed E-state index contributed by atoms with van der Waals surface area (Å²) in [5.74, 6) is 0. The molecule has 1 fully saturated rings. The molecule has 1 atom stereocenters. The average Bonchev–Trinajstić information content (AvgIpc) is 2.28. The van der Waals surface area contributed by atoms with Crippen molar-refractivity contribution in [2.45, 2.75) is 32.4 Å². The van der Waals surface area contributed by atoms with E-state index >= 15 is 0 Å². The van der Waals surface area contributed by atoms with Crippen LogP contribution in [-0.4, -0.2) is 35.2 Å². The van der Waals surface area contributed by atoms with Crippen LogP contribution in [0.3, 0.4) is 0 Å². The lowest BCUT2D eigenvalue weighted by molar-refractivity contribution is -0.0962. The Morgan fingerprint density at radius 1 is 1.44 bits per heavy atom. The van der Waals surface area contributed by atoms with Crippen LogP contribution < -0.4 is 0 Å². The van der Waals surface area contributed by atoms with Gasteiger partial charge in [-0.15, -0.1) is 0 Å². The molecule has 0 N–H and O–H groups in total. The summed E-state index contributed by atoms with van der Waals surface area (Å²) in [6.07, 6.45) is 1.86. The summed E-state index contributed by atoms with van der Waals surface area (Å²) < 4.78 is 5.72. The van der Waals surface area contributed by atoms with Crippen LogP contribution in [-0.2, 0) is 4.74 Å². The van der Waals surface area contributed by atoms with Gasteiger partial charge in [0.15, 0.2) is 0 Å². The van der Waals surface area contributed by atoms with E-state index in [1.807, 2.05) is 18.3 Å². The smallest absolute Gasteiger partial charge is 0.0753 e. The van der Waals surface area contributed by atoms with E-state index in [0.717, 1.165) is 25.4 Å². The van der Waals surface area contributed by atoms with E-state index in [2.05, 4.69) is 36.7 Å². The van der Waals surface area contributed by atoms with Crippen molar-refractivity contribution < 1.29 is 4.74 Å². The van der Waals surface area contributed by atoms with Gasteiger partial charge >= 0.3 is 0 Å². The van der Waals surface area contributed by atoms with Gasteiger partial charge in [0.2, 0.25) is 0 Å². The number of ether oxygens (including phenoxy) is 1. The lowest BCUT2D eigenvalue weighted by atomic mass is 10.0. The molecule has 1 aliphatic rings. The van der Waals surface area contributed by atoms with Crippen molar-refractivity contribution in [3.8, 4) is 0 Å². The quantitative estimate of drug-likeness (QED) is 0.764. The highest BCUT2D eigenvalue weighted by molar-refractivity contribution is 5.08. The predicted molar refractivity (Wildman–Crippen MR) is 64.3 cm³/mol. The maximum Gasteiger partial charge on any atom is 0.0753 e. The minimum atomic E-state index is -0.0404. The Balaban J connectivity index is 2.08. The first-order valence-electron chi connectivity index (χ1n) is 5.87. The van der Waals surface area contributed by atoms with Crippen molar-refractivity contribution >= 4 is 0 Å². The third-order valence-electron chi connectivity index (χ3n) is 3.12. The van der Waals surface area contributed by atoms with Crippen LogP contribution in [0.4, 0.5) is 0 Å². The fourth-order valence-electron chi connectivity index (χ4n) is 2.19. The van der Waals surface area contributed by atoms with Crippen LogP contribution in [0.15, 0.2) is 24.4 Å². The molecule has 2 rings (SSSR count). The Morgan fingerprint density at radius 2 is 2.25 bits per heavy atom. The van der Waals surface area contributed by atoms with Gasteiger partial charge in [0.1, 0.15) is 0 Å². The first-order chi connectivity index (χ1) is 7.58. The lowest BCUT2D eigenvalue weighted by Gasteiger charge is -2.41. The Kier molecular flexibility index (Phi) is 3.26. The van der Waals surface area contributed by atoms with Crippen LogP contribution in [0, 0.1) is 0 Å². The summed E-state index contributed by atoms with van der Waals surface area (Å²) in [5.41, 5.74) is 1.10. The molecule has 88 valence electrons. The van der Waals surface area contributed by atoms with Gasteiger partial charge < -0.3 is 4.74 Å². The zero-order chi connectivity index (χ0) is 11.6. The normalized spacial score (nSPS) is 22.9. The largest absolute Gasteiger partial charge is 0.373 e. The molecule has 0 bridgehead atoms. The molecule has 0 spiro atoms. The van der Waals surface area contributed by atoms with Crippen molar-refractivity contribution in [1.29, 1.82) is 0 Å². The van der Waals surface area contributed by atoms with E-state index in [4.69, 9.17) is 4.74 Å². The molecule has 0 radical (unpaired) electrons. The minimum absolute atomic E-state index is 0.0404. The first-order valence-corrected chi connectivity index (χ1v) is 5.87. The number of morpholine rings is 1. The van der Waals surface area contributed by atoms with Gasteiger partial charge in [-0.1, -0.05) is 6.07 Å². The maximum atomic E-state index is 5.72. The Labute approximate surface area is 97.4 Å². The van der Waals surface area contributed by atoms with Gasteiger partial charge in [0.05, 0.1) is 17.9 Å². The van der Waals surface area contributed by atoms with E-state index in [1.54, 1.807) is 0 Å². The maximum absolute atomic E-state index is 5.72. The molecule has 0 aromatic carbocycles. The SMILES string of the molecule is CC(c1ccccn1)N1CCOC(C)(C)C1.